The fourth-order valence-electron chi connectivity index (χ4n) is 2.14. The second kappa shape index (κ2) is 5.48. The van der Waals surface area contributed by atoms with Gasteiger partial charge in [0, 0.05) is 12.7 Å². The number of nitrogens with one attached hydrogen (secondary N) is 3. The molecule has 20 heavy (non-hydrogen) atoms. The number of amidine groups is 1. The number of hydrazone groups is 1. The lowest BCUT2D eigenvalue weighted by Gasteiger charge is -2.14. The number of hydrazine groups is 2. The van der Waals surface area contributed by atoms with Crippen molar-refractivity contribution < 1.29 is 0 Å². The van der Waals surface area contributed by atoms with E-state index in [0.29, 0.717) is 0 Å². The van der Waals surface area contributed by atoms with Crippen LogP contribution in [0.2, 0.25) is 0 Å². The van der Waals surface area contributed by atoms with Gasteiger partial charge < -0.3 is 5.10 Å². The van der Waals surface area contributed by atoms with Crippen LogP contribution in [0.1, 0.15) is 18.1 Å². The van der Waals surface area contributed by atoms with Crippen LogP contribution in [0.25, 0.3) is 0 Å². The Hall–Kier alpha value is -2.12. The van der Waals surface area contributed by atoms with Crippen molar-refractivity contribution in [1.29, 1.82) is 0 Å². The van der Waals surface area contributed by atoms with Crippen LogP contribution in [0.3, 0.4) is 0 Å². The Morgan fingerprint density at radius 3 is 2.80 bits per heavy atom. The van der Waals surface area contributed by atoms with E-state index in [-0.39, 0.29) is 0 Å². The number of H-pyrrole nitrogens is 1. The quantitative estimate of drug-likeness (QED) is 0.748. The lowest BCUT2D eigenvalue weighted by atomic mass is 10.2. The second-order valence-corrected chi connectivity index (χ2v) is 4.85. The molecular formula is C13H16N6S. The fraction of sp³-hybridized carbons (Fsp3) is 0.231. The summed E-state index contributed by atoms with van der Waals surface area (Å²) in [6.45, 7) is 3.56. The molecule has 0 amide bonds. The first-order valence-corrected chi connectivity index (χ1v) is 6.89. The average Bonchev–Trinajstić information content (AvgIpc) is 3.07. The van der Waals surface area contributed by atoms with Gasteiger partial charge in [0.05, 0.1) is 12.1 Å². The zero-order valence-corrected chi connectivity index (χ0v) is 11.9. The van der Waals surface area contributed by atoms with Gasteiger partial charge in [0.1, 0.15) is 4.64 Å². The molecule has 0 saturated heterocycles. The van der Waals surface area contributed by atoms with Gasteiger partial charge in [0.15, 0.2) is 5.84 Å². The number of nitrogens with zero attached hydrogens (tertiary/aromatic N) is 3. The van der Waals surface area contributed by atoms with E-state index in [0.717, 1.165) is 29.1 Å². The third kappa shape index (κ3) is 2.33. The van der Waals surface area contributed by atoms with Crippen molar-refractivity contribution in [2.75, 3.05) is 6.54 Å². The van der Waals surface area contributed by atoms with Gasteiger partial charge in [-0.15, -0.1) is 10.6 Å². The van der Waals surface area contributed by atoms with Gasteiger partial charge in [-0.3, -0.25) is 9.69 Å². The molecular weight excluding hydrogens is 272 g/mol. The van der Waals surface area contributed by atoms with Gasteiger partial charge in [-0.05, 0) is 12.5 Å². The number of benzene rings is 1. The Balaban J connectivity index is 1.88. The van der Waals surface area contributed by atoms with Crippen molar-refractivity contribution in [3.63, 3.8) is 0 Å². The first kappa shape index (κ1) is 12.9. The van der Waals surface area contributed by atoms with E-state index in [4.69, 9.17) is 12.2 Å². The minimum Gasteiger partial charge on any atom is -0.304 e. The van der Waals surface area contributed by atoms with Crippen LogP contribution in [-0.4, -0.2) is 27.2 Å². The molecule has 0 spiro atoms. The molecule has 2 heterocycles. The summed E-state index contributed by atoms with van der Waals surface area (Å²) in [7, 11) is 0. The molecule has 7 heteroatoms. The van der Waals surface area contributed by atoms with E-state index in [1.54, 1.807) is 0 Å². The second-order valence-electron chi connectivity index (χ2n) is 4.47. The molecule has 1 aliphatic heterocycles. The summed E-state index contributed by atoms with van der Waals surface area (Å²) in [5.74, 6) is 0.806. The van der Waals surface area contributed by atoms with Crippen LogP contribution in [0, 0.1) is 4.64 Å². The predicted octanol–water partition coefficient (Wildman–Crippen LogP) is 1.60. The van der Waals surface area contributed by atoms with Gasteiger partial charge in [-0.25, -0.2) is 5.53 Å². The van der Waals surface area contributed by atoms with Crippen molar-refractivity contribution in [1.82, 2.24) is 25.9 Å². The van der Waals surface area contributed by atoms with Gasteiger partial charge in [0.2, 0.25) is 0 Å². The molecule has 1 aliphatic rings. The highest BCUT2D eigenvalue weighted by molar-refractivity contribution is 7.71. The molecule has 0 aliphatic carbocycles. The van der Waals surface area contributed by atoms with E-state index < -0.39 is 0 Å². The number of hydrogen-bond donors (Lipinski definition) is 3. The molecule has 104 valence electrons. The Morgan fingerprint density at radius 1 is 1.25 bits per heavy atom. The molecule has 3 rings (SSSR count). The van der Waals surface area contributed by atoms with Gasteiger partial charge >= 0.3 is 0 Å². The lowest BCUT2D eigenvalue weighted by Crippen LogP contribution is -2.40. The van der Waals surface area contributed by atoms with Crippen LogP contribution < -0.4 is 11.1 Å². The molecule has 3 N–H and O–H groups in total. The Labute approximate surface area is 122 Å². The maximum absolute atomic E-state index is 5.53. The summed E-state index contributed by atoms with van der Waals surface area (Å²) < 4.78 is 2.69. The SMILES string of the molecule is CCN1NNN=C1c1c[nH]n(Cc2ccccc2)c1=S. The smallest absolute Gasteiger partial charge is 0.177 e. The normalized spacial score (nSPS) is 14.2. The average molecular weight is 288 g/mol. The topological polar surface area (TPSA) is 60.4 Å². The molecule has 1 aromatic carbocycles. The fourth-order valence-corrected chi connectivity index (χ4v) is 2.41. The molecule has 6 nitrogen and oxygen atoms in total. The largest absolute Gasteiger partial charge is 0.304 e. The van der Waals surface area contributed by atoms with Crippen molar-refractivity contribution in [2.24, 2.45) is 5.10 Å². The van der Waals surface area contributed by atoms with Crippen LogP contribution in [0.5, 0.6) is 0 Å². The summed E-state index contributed by atoms with van der Waals surface area (Å²) in [6, 6.07) is 10.2. The number of rotatable bonds is 4. The van der Waals surface area contributed by atoms with Crippen molar-refractivity contribution in [3.05, 3.63) is 52.3 Å². The third-order valence-electron chi connectivity index (χ3n) is 3.18. The zero-order valence-electron chi connectivity index (χ0n) is 11.1. The molecule has 0 bridgehead atoms. The predicted molar refractivity (Wildman–Crippen MR) is 80.3 cm³/mol. The summed E-state index contributed by atoms with van der Waals surface area (Å²) in [5, 5.41) is 9.32. The van der Waals surface area contributed by atoms with Gasteiger partial charge in [-0.1, -0.05) is 42.5 Å². The zero-order chi connectivity index (χ0) is 13.9. The van der Waals surface area contributed by atoms with Crippen LogP contribution >= 0.6 is 12.2 Å². The molecule has 2 aromatic rings. The first-order valence-electron chi connectivity index (χ1n) is 6.48. The summed E-state index contributed by atoms with van der Waals surface area (Å²) in [5.41, 5.74) is 7.82. The van der Waals surface area contributed by atoms with E-state index in [1.807, 2.05) is 41.0 Å². The summed E-state index contributed by atoms with van der Waals surface area (Å²) >= 11 is 5.53. The first-order chi connectivity index (χ1) is 9.79. The lowest BCUT2D eigenvalue weighted by molar-refractivity contribution is 0.308. The minimum absolute atomic E-state index is 0.722. The third-order valence-corrected chi connectivity index (χ3v) is 3.62. The Morgan fingerprint density at radius 2 is 2.05 bits per heavy atom. The highest BCUT2D eigenvalue weighted by atomic mass is 32.1. The van der Waals surface area contributed by atoms with Crippen molar-refractivity contribution in [2.45, 2.75) is 13.5 Å². The standard InChI is InChI=1S/C13H16N6S/c1-2-18-12(15-16-17-18)11-8-14-19(13(11)20)9-10-6-4-3-5-7-10/h3-8,14,16-17H,2,9H2,1H3. The van der Waals surface area contributed by atoms with Gasteiger partial charge in [0.25, 0.3) is 0 Å². The van der Waals surface area contributed by atoms with E-state index in [1.165, 1.54) is 5.56 Å². The Bertz CT molecular complexity index is 672. The monoisotopic (exact) mass is 288 g/mol. The van der Waals surface area contributed by atoms with Crippen LogP contribution in [-0.2, 0) is 6.54 Å². The highest BCUT2D eigenvalue weighted by Gasteiger charge is 2.20. The molecule has 0 saturated carbocycles. The molecule has 0 unspecified atom stereocenters. The van der Waals surface area contributed by atoms with Crippen LogP contribution in [0.4, 0.5) is 0 Å². The molecule has 0 atom stereocenters. The van der Waals surface area contributed by atoms with E-state index in [2.05, 4.69) is 33.4 Å². The van der Waals surface area contributed by atoms with Crippen molar-refractivity contribution >= 4 is 18.1 Å². The van der Waals surface area contributed by atoms with E-state index in [9.17, 15) is 0 Å². The summed E-state index contributed by atoms with van der Waals surface area (Å²) in [4.78, 5) is 0. The number of aromatic nitrogens is 2. The minimum atomic E-state index is 0.722. The Kier molecular flexibility index (Phi) is 3.53. The highest BCUT2D eigenvalue weighted by Crippen LogP contribution is 2.11. The molecule has 0 fully saturated rings. The maximum atomic E-state index is 5.53. The summed E-state index contributed by atoms with van der Waals surface area (Å²) in [6.07, 6.45) is 1.89. The van der Waals surface area contributed by atoms with E-state index >= 15 is 0 Å². The molecule has 0 radical (unpaired) electrons. The van der Waals surface area contributed by atoms with Crippen LogP contribution in [0.15, 0.2) is 41.6 Å². The number of aromatic amines is 1. The number of hydrogen-bond acceptors (Lipinski definition) is 5. The maximum Gasteiger partial charge on any atom is 0.177 e. The van der Waals surface area contributed by atoms with Crippen molar-refractivity contribution in [3.8, 4) is 0 Å². The molecule has 1 aromatic heterocycles. The van der Waals surface area contributed by atoms with Gasteiger partial charge in [-0.2, -0.15) is 0 Å².